The van der Waals surface area contributed by atoms with E-state index in [1.165, 1.54) is 17.6 Å². The summed E-state index contributed by atoms with van der Waals surface area (Å²) in [6.45, 7) is 7.07. The van der Waals surface area contributed by atoms with Crippen LogP contribution in [0.4, 0.5) is 5.00 Å². The topological polar surface area (TPSA) is 97.6 Å². The molecule has 226 valence electrons. The number of methoxy groups -OCH3 is 1. The summed E-state index contributed by atoms with van der Waals surface area (Å²) in [6.07, 6.45) is 4.88. The molecule has 1 aromatic carbocycles. The van der Waals surface area contributed by atoms with Gasteiger partial charge in [-0.2, -0.15) is 0 Å². The summed E-state index contributed by atoms with van der Waals surface area (Å²) in [4.78, 5) is 35.4. The molecular formula is C30H38N4O6S2. The van der Waals surface area contributed by atoms with E-state index in [0.717, 1.165) is 54.1 Å². The summed E-state index contributed by atoms with van der Waals surface area (Å²) < 4.78 is 25.7. The minimum absolute atomic E-state index is 0.0232. The second-order valence-electron chi connectivity index (χ2n) is 10.3. The number of oxazole rings is 1. The van der Waals surface area contributed by atoms with Crippen LogP contribution in [0.15, 0.2) is 41.1 Å². The zero-order valence-corrected chi connectivity index (χ0v) is 26.1. The SMILES string of the molecule is CCSN1CC(N(C)C(=O)c2c(N(C=O)CC(OC3CCOCC3)c3ccccc3OC)sc(-c3ncco3)c2C)C1. The molecule has 0 spiro atoms. The minimum Gasteiger partial charge on any atom is -0.496 e. The number of likely N-dealkylation sites (N-methyl/N-ethyl adjacent to an activating group) is 1. The molecule has 0 N–H and O–H groups in total. The number of carbonyl (C=O) groups is 2. The molecule has 0 bridgehead atoms. The van der Waals surface area contributed by atoms with Crippen LogP contribution in [0, 0.1) is 6.92 Å². The Kier molecular flexibility index (Phi) is 10.2. The van der Waals surface area contributed by atoms with Crippen LogP contribution in [0.5, 0.6) is 5.75 Å². The zero-order chi connectivity index (χ0) is 29.6. The molecule has 4 heterocycles. The molecule has 2 fully saturated rings. The molecule has 1 atom stereocenters. The number of nitrogens with zero attached hydrogens (tertiary/aromatic N) is 4. The highest BCUT2D eigenvalue weighted by atomic mass is 32.2. The third kappa shape index (κ3) is 6.52. The summed E-state index contributed by atoms with van der Waals surface area (Å²) in [5.41, 5.74) is 2.06. The van der Waals surface area contributed by atoms with Crippen LogP contribution in [0.1, 0.15) is 47.4 Å². The maximum absolute atomic E-state index is 14.1. The number of para-hydroxylation sites is 1. The van der Waals surface area contributed by atoms with E-state index in [-0.39, 0.29) is 24.6 Å². The quantitative estimate of drug-likeness (QED) is 0.194. The van der Waals surface area contributed by atoms with Crippen molar-refractivity contribution >= 4 is 40.6 Å². The van der Waals surface area contributed by atoms with E-state index in [4.69, 9.17) is 18.6 Å². The van der Waals surface area contributed by atoms with Crippen molar-refractivity contribution < 1.29 is 28.2 Å². The van der Waals surface area contributed by atoms with Gasteiger partial charge in [0, 0.05) is 44.7 Å². The molecule has 1 unspecified atom stereocenters. The molecule has 0 radical (unpaired) electrons. The lowest BCUT2D eigenvalue weighted by molar-refractivity contribution is -0.108. The Hall–Kier alpha value is -2.90. The molecular weight excluding hydrogens is 576 g/mol. The van der Waals surface area contributed by atoms with Crippen LogP contribution in [-0.4, -0.2) is 91.4 Å². The summed E-state index contributed by atoms with van der Waals surface area (Å²) in [5.74, 6) is 1.96. The molecule has 2 aromatic heterocycles. The number of ether oxygens (including phenoxy) is 3. The van der Waals surface area contributed by atoms with Gasteiger partial charge < -0.3 is 28.4 Å². The minimum atomic E-state index is -0.492. The fourth-order valence-electron chi connectivity index (χ4n) is 5.33. The molecule has 42 heavy (non-hydrogen) atoms. The summed E-state index contributed by atoms with van der Waals surface area (Å²) in [5, 5.41) is 0.544. The predicted molar refractivity (Wildman–Crippen MR) is 164 cm³/mol. The molecule has 2 aliphatic heterocycles. The molecule has 2 amide bonds. The van der Waals surface area contributed by atoms with Gasteiger partial charge in [-0.25, -0.2) is 9.29 Å². The first-order valence-corrected chi connectivity index (χ1v) is 16.0. The Labute approximate surface area is 255 Å². The van der Waals surface area contributed by atoms with Crippen LogP contribution < -0.4 is 9.64 Å². The molecule has 2 saturated heterocycles. The van der Waals surface area contributed by atoms with E-state index in [1.54, 1.807) is 35.1 Å². The molecule has 0 saturated carbocycles. The lowest BCUT2D eigenvalue weighted by atomic mass is 10.0. The van der Waals surface area contributed by atoms with Crippen molar-refractivity contribution in [3.05, 3.63) is 53.4 Å². The van der Waals surface area contributed by atoms with Gasteiger partial charge in [-0.1, -0.05) is 37.1 Å². The number of hydrogen-bond donors (Lipinski definition) is 0. The largest absolute Gasteiger partial charge is 0.496 e. The lowest BCUT2D eigenvalue weighted by Gasteiger charge is -2.43. The van der Waals surface area contributed by atoms with Crippen molar-refractivity contribution in [2.24, 2.45) is 0 Å². The summed E-state index contributed by atoms with van der Waals surface area (Å²) in [7, 11) is 3.46. The number of rotatable bonds is 13. The maximum Gasteiger partial charge on any atom is 0.257 e. The van der Waals surface area contributed by atoms with Crippen molar-refractivity contribution in [3.63, 3.8) is 0 Å². The average Bonchev–Trinajstić information content (AvgIpc) is 3.64. The van der Waals surface area contributed by atoms with Gasteiger partial charge in [0.05, 0.1) is 42.4 Å². The number of benzene rings is 1. The summed E-state index contributed by atoms with van der Waals surface area (Å²) in [6, 6.07) is 7.78. The monoisotopic (exact) mass is 614 g/mol. The van der Waals surface area contributed by atoms with Crippen molar-refractivity contribution in [1.82, 2.24) is 14.2 Å². The van der Waals surface area contributed by atoms with Crippen LogP contribution >= 0.6 is 23.3 Å². The highest BCUT2D eigenvalue weighted by Crippen LogP contribution is 2.43. The van der Waals surface area contributed by atoms with Crippen LogP contribution in [0.25, 0.3) is 10.8 Å². The first kappa shape index (κ1) is 30.6. The number of anilines is 1. The number of hydrogen-bond acceptors (Lipinski definition) is 10. The van der Waals surface area contributed by atoms with Gasteiger partial charge in [-0.3, -0.25) is 9.59 Å². The first-order valence-electron chi connectivity index (χ1n) is 14.2. The maximum atomic E-state index is 14.1. The third-order valence-corrected chi connectivity index (χ3v) is 9.98. The van der Waals surface area contributed by atoms with E-state index in [2.05, 4.69) is 16.2 Å². The Morgan fingerprint density at radius 2 is 2.05 bits per heavy atom. The van der Waals surface area contributed by atoms with E-state index in [0.29, 0.717) is 35.4 Å². The number of thiophene rings is 1. The standard InChI is InChI=1S/C30H38N4O6S2/c1-5-41-34-16-21(17-34)32(3)29(36)26-20(2)27(28-31-12-15-39-28)42-30(26)33(19-35)18-25(40-22-10-13-38-14-11-22)23-8-6-7-9-24(23)37-4/h6-9,12,15,19,21-22,25H,5,10-11,13-14,16-18H2,1-4H3. The second kappa shape index (κ2) is 14.0. The van der Waals surface area contributed by atoms with Crippen molar-refractivity contribution in [2.45, 2.75) is 44.9 Å². The Morgan fingerprint density at radius 3 is 2.71 bits per heavy atom. The third-order valence-electron chi connectivity index (χ3n) is 7.74. The Morgan fingerprint density at radius 1 is 1.29 bits per heavy atom. The molecule has 2 aliphatic rings. The molecule has 0 aliphatic carbocycles. The van der Waals surface area contributed by atoms with E-state index in [9.17, 15) is 9.59 Å². The number of amides is 2. The second-order valence-corrected chi connectivity index (χ2v) is 12.7. The van der Waals surface area contributed by atoms with Crippen molar-refractivity contribution in [1.29, 1.82) is 0 Å². The predicted octanol–water partition coefficient (Wildman–Crippen LogP) is 5.04. The average molecular weight is 615 g/mol. The normalized spacial score (nSPS) is 17.0. The van der Waals surface area contributed by atoms with Gasteiger partial charge >= 0.3 is 0 Å². The van der Waals surface area contributed by atoms with Gasteiger partial charge in [-0.15, -0.1) is 11.3 Å². The van der Waals surface area contributed by atoms with Gasteiger partial charge in [0.25, 0.3) is 5.91 Å². The fraction of sp³-hybridized carbons (Fsp3) is 0.500. The number of carbonyl (C=O) groups excluding carboxylic acids is 2. The van der Waals surface area contributed by atoms with E-state index >= 15 is 0 Å². The Balaban J connectivity index is 1.50. The first-order chi connectivity index (χ1) is 20.4. The highest BCUT2D eigenvalue weighted by molar-refractivity contribution is 7.97. The van der Waals surface area contributed by atoms with Crippen molar-refractivity contribution in [2.75, 3.05) is 57.7 Å². The van der Waals surface area contributed by atoms with Gasteiger partial charge in [0.2, 0.25) is 12.3 Å². The molecule has 10 nitrogen and oxygen atoms in total. The van der Waals surface area contributed by atoms with Crippen LogP contribution in [-0.2, 0) is 14.3 Å². The zero-order valence-electron chi connectivity index (χ0n) is 24.5. The summed E-state index contributed by atoms with van der Waals surface area (Å²) >= 11 is 3.11. The smallest absolute Gasteiger partial charge is 0.257 e. The fourth-order valence-corrected chi connectivity index (χ4v) is 7.46. The molecule has 5 rings (SSSR count). The molecule has 12 heteroatoms. The Bertz CT molecular complexity index is 1340. The van der Waals surface area contributed by atoms with E-state index in [1.807, 2.05) is 38.2 Å². The van der Waals surface area contributed by atoms with Gasteiger partial charge in [-0.05, 0) is 31.4 Å². The lowest BCUT2D eigenvalue weighted by Crippen LogP contribution is -2.57. The van der Waals surface area contributed by atoms with Gasteiger partial charge in [0.1, 0.15) is 23.1 Å². The van der Waals surface area contributed by atoms with Crippen molar-refractivity contribution in [3.8, 4) is 16.5 Å². The number of aromatic nitrogens is 1. The molecule has 3 aromatic rings. The van der Waals surface area contributed by atoms with Crippen LogP contribution in [0.2, 0.25) is 0 Å². The van der Waals surface area contributed by atoms with E-state index < -0.39 is 6.10 Å². The van der Waals surface area contributed by atoms with Gasteiger partial charge in [0.15, 0.2) is 0 Å². The highest BCUT2D eigenvalue weighted by Gasteiger charge is 2.37. The van der Waals surface area contributed by atoms with Crippen LogP contribution in [0.3, 0.4) is 0 Å².